The van der Waals surface area contributed by atoms with Crippen LogP contribution in [0.25, 0.3) is 11.3 Å². The predicted octanol–water partition coefficient (Wildman–Crippen LogP) is 3.16. The molecule has 0 aromatic carbocycles. The first-order chi connectivity index (χ1) is 19.8. The molecule has 3 aromatic heterocycles. The molecule has 0 bridgehead atoms. The number of hydrogen-bond donors (Lipinski definition) is 1. The normalized spacial score (nSPS) is 17.9. The number of aromatic nitrogens is 6. The Labute approximate surface area is 242 Å². The molecule has 212 valence electrons. The minimum Gasteiger partial charge on any atom is -0.467 e. The number of urea groups is 1. The van der Waals surface area contributed by atoms with E-state index in [0.29, 0.717) is 41.3 Å². The van der Waals surface area contributed by atoms with Crippen molar-refractivity contribution in [1.29, 1.82) is 5.26 Å². The number of ether oxygens (including phenoxy) is 1. The molecular formula is C26H29ClN12O2. The van der Waals surface area contributed by atoms with Crippen molar-refractivity contribution >= 4 is 35.7 Å². The number of hydrogen-bond acceptors (Lipinski definition) is 11. The molecule has 3 aromatic rings. The van der Waals surface area contributed by atoms with Gasteiger partial charge in [0.15, 0.2) is 17.9 Å². The van der Waals surface area contributed by atoms with E-state index in [2.05, 4.69) is 41.4 Å². The lowest BCUT2D eigenvalue weighted by molar-refractivity contribution is 0.175. The Morgan fingerprint density at radius 1 is 1.15 bits per heavy atom. The van der Waals surface area contributed by atoms with Crippen LogP contribution in [-0.2, 0) is 0 Å². The van der Waals surface area contributed by atoms with E-state index >= 15 is 0 Å². The predicted molar refractivity (Wildman–Crippen MR) is 152 cm³/mol. The van der Waals surface area contributed by atoms with Crippen molar-refractivity contribution in [2.24, 2.45) is 4.99 Å². The topological polar surface area (TPSA) is 154 Å². The number of carbonyl (C=O) groups excluding carboxylic acids is 1. The molecule has 2 amide bonds. The Morgan fingerprint density at radius 3 is 2.49 bits per heavy atom. The lowest BCUT2D eigenvalue weighted by atomic mass is 9.87. The molecule has 41 heavy (non-hydrogen) atoms. The van der Waals surface area contributed by atoms with Gasteiger partial charge in [-0.1, -0.05) is 6.42 Å². The Morgan fingerprint density at radius 2 is 1.90 bits per heavy atom. The van der Waals surface area contributed by atoms with Gasteiger partial charge in [-0.15, -0.1) is 5.10 Å². The molecule has 1 fully saturated rings. The van der Waals surface area contributed by atoms with Gasteiger partial charge in [0.05, 0.1) is 30.8 Å². The largest absolute Gasteiger partial charge is 0.467 e. The number of rotatable bonds is 7. The molecule has 1 aliphatic carbocycles. The summed E-state index contributed by atoms with van der Waals surface area (Å²) in [5.41, 5.74) is 0.691. The number of aliphatic imine (C=N–C) groups is 1. The standard InChI is InChI=1S/C26H29ClN12O2/c1-36(2)25(40)39(22-16-29-20(15-30-22)19-13-32-24(41-3)33-14-19)26(8-5-4-6-9-26)34-23-31-12-18(11-28)17-37(23)21-7-10-38(27)35-21/h7,10,12-17,23,34H,4-6,8-9H2,1-3H3. The third-order valence-corrected chi connectivity index (χ3v) is 7.08. The van der Waals surface area contributed by atoms with Crippen LogP contribution in [-0.4, -0.2) is 79.5 Å². The summed E-state index contributed by atoms with van der Waals surface area (Å²) in [5.74, 6) is 0.866. The molecule has 4 heterocycles. The van der Waals surface area contributed by atoms with Crippen LogP contribution in [0.4, 0.5) is 16.4 Å². The minimum atomic E-state index is -0.874. The van der Waals surface area contributed by atoms with Crippen molar-refractivity contribution in [3.63, 3.8) is 0 Å². The van der Waals surface area contributed by atoms with Gasteiger partial charge in [0, 0.05) is 68.5 Å². The number of halogens is 1. The summed E-state index contributed by atoms with van der Waals surface area (Å²) in [7, 11) is 4.89. The van der Waals surface area contributed by atoms with Crippen LogP contribution in [0.3, 0.4) is 0 Å². The number of allylic oxidation sites excluding steroid dienone is 1. The van der Waals surface area contributed by atoms with Gasteiger partial charge in [0.1, 0.15) is 11.7 Å². The number of methoxy groups -OCH3 is 1. The molecule has 0 radical (unpaired) electrons. The highest BCUT2D eigenvalue weighted by Gasteiger charge is 2.45. The van der Waals surface area contributed by atoms with Gasteiger partial charge in [-0.2, -0.15) is 9.46 Å². The second kappa shape index (κ2) is 11.9. The lowest BCUT2D eigenvalue weighted by Gasteiger charge is -2.49. The second-order valence-electron chi connectivity index (χ2n) is 9.79. The quantitative estimate of drug-likeness (QED) is 0.415. The molecular weight excluding hydrogens is 548 g/mol. The SMILES string of the molecule is COc1ncc(-c2cnc(N(C(=O)N(C)C)C3(NC4N=CC(C#N)=CN4c4ccn(Cl)n4)CCCCC3)cn2)cn1. The molecule has 1 N–H and O–H groups in total. The van der Waals surface area contributed by atoms with E-state index in [-0.39, 0.29) is 12.0 Å². The first-order valence-electron chi connectivity index (χ1n) is 13.0. The second-order valence-corrected chi connectivity index (χ2v) is 10.1. The van der Waals surface area contributed by atoms with Gasteiger partial charge in [0.25, 0.3) is 0 Å². The van der Waals surface area contributed by atoms with E-state index in [4.69, 9.17) is 16.5 Å². The average molecular weight is 577 g/mol. The van der Waals surface area contributed by atoms with Gasteiger partial charge in [-0.3, -0.25) is 25.1 Å². The summed E-state index contributed by atoms with van der Waals surface area (Å²) in [6.07, 6.45) is 14.5. The smallest absolute Gasteiger partial charge is 0.326 e. The van der Waals surface area contributed by atoms with Crippen LogP contribution in [0.15, 0.2) is 53.8 Å². The van der Waals surface area contributed by atoms with E-state index in [1.54, 1.807) is 67.1 Å². The highest BCUT2D eigenvalue weighted by atomic mass is 35.5. The monoisotopic (exact) mass is 576 g/mol. The van der Waals surface area contributed by atoms with Crippen LogP contribution >= 0.6 is 11.8 Å². The highest BCUT2D eigenvalue weighted by Crippen LogP contribution is 2.36. The van der Waals surface area contributed by atoms with Gasteiger partial charge in [0.2, 0.25) is 0 Å². The Bertz CT molecular complexity index is 1470. The highest BCUT2D eigenvalue weighted by molar-refractivity contribution is 6.14. The van der Waals surface area contributed by atoms with Crippen LogP contribution < -0.4 is 19.9 Å². The molecule has 2 aliphatic rings. The zero-order valence-corrected chi connectivity index (χ0v) is 23.6. The Balaban J connectivity index is 1.53. The summed E-state index contributed by atoms with van der Waals surface area (Å²) in [6.45, 7) is 0. The zero-order chi connectivity index (χ0) is 29.0. The first-order valence-corrected chi connectivity index (χ1v) is 13.3. The number of anilines is 2. The van der Waals surface area contributed by atoms with Crippen LogP contribution in [0.2, 0.25) is 0 Å². The third kappa shape index (κ3) is 5.81. The third-order valence-electron chi connectivity index (χ3n) is 6.89. The minimum absolute atomic E-state index is 0.250. The molecule has 14 nitrogen and oxygen atoms in total. The number of carbonyl (C=O) groups is 1. The first kappa shape index (κ1) is 27.9. The van der Waals surface area contributed by atoms with Crippen molar-refractivity contribution in [2.45, 2.75) is 44.1 Å². The van der Waals surface area contributed by atoms with E-state index in [1.807, 2.05) is 0 Å². The van der Waals surface area contributed by atoms with Crippen LogP contribution in [0.1, 0.15) is 32.1 Å². The summed E-state index contributed by atoms with van der Waals surface area (Å²) < 4.78 is 6.20. The molecule has 5 rings (SSSR count). The fraction of sp³-hybridized carbons (Fsp3) is 0.385. The molecule has 1 unspecified atom stereocenters. The summed E-state index contributed by atoms with van der Waals surface area (Å²) >= 11 is 6.04. The van der Waals surface area contributed by atoms with E-state index in [0.717, 1.165) is 23.5 Å². The van der Waals surface area contributed by atoms with E-state index in [1.165, 1.54) is 18.2 Å². The molecule has 0 spiro atoms. The summed E-state index contributed by atoms with van der Waals surface area (Å²) in [4.78, 5) is 40.9. The number of amides is 2. The number of nitrogens with zero attached hydrogens (tertiary/aromatic N) is 11. The zero-order valence-electron chi connectivity index (χ0n) is 22.8. The molecule has 1 aliphatic heterocycles. The van der Waals surface area contributed by atoms with Crippen molar-refractivity contribution in [3.05, 3.63) is 48.8 Å². The van der Waals surface area contributed by atoms with Crippen molar-refractivity contribution in [1.82, 2.24) is 39.5 Å². The van der Waals surface area contributed by atoms with E-state index in [9.17, 15) is 10.1 Å². The number of nitrogens with one attached hydrogen (secondary N) is 1. The van der Waals surface area contributed by atoms with Crippen molar-refractivity contribution < 1.29 is 9.53 Å². The number of nitriles is 1. The van der Waals surface area contributed by atoms with Gasteiger partial charge in [-0.25, -0.2) is 19.7 Å². The van der Waals surface area contributed by atoms with Crippen molar-refractivity contribution in [3.8, 4) is 23.3 Å². The summed E-state index contributed by atoms with van der Waals surface area (Å²) in [5, 5.41) is 17.4. The van der Waals surface area contributed by atoms with Crippen LogP contribution in [0, 0.1) is 11.3 Å². The molecule has 15 heteroatoms. The van der Waals surface area contributed by atoms with Gasteiger partial charge in [-0.05, 0) is 25.7 Å². The van der Waals surface area contributed by atoms with Crippen LogP contribution in [0.5, 0.6) is 6.01 Å². The maximum Gasteiger partial charge on any atom is 0.326 e. The lowest BCUT2D eigenvalue weighted by Crippen LogP contribution is -2.68. The Hall–Kier alpha value is -4.61. The fourth-order valence-corrected chi connectivity index (χ4v) is 5.05. The molecule has 0 saturated heterocycles. The maximum absolute atomic E-state index is 13.8. The fourth-order valence-electron chi connectivity index (χ4n) is 4.91. The summed E-state index contributed by atoms with van der Waals surface area (Å²) in [6, 6.07) is 3.83. The van der Waals surface area contributed by atoms with Crippen molar-refractivity contribution in [2.75, 3.05) is 31.0 Å². The average Bonchev–Trinajstić information content (AvgIpc) is 3.44. The Kier molecular flexibility index (Phi) is 8.09. The molecule has 1 saturated carbocycles. The van der Waals surface area contributed by atoms with Gasteiger partial charge >= 0.3 is 12.0 Å². The van der Waals surface area contributed by atoms with E-state index < -0.39 is 12.0 Å². The maximum atomic E-state index is 13.8. The van der Waals surface area contributed by atoms with Gasteiger partial charge < -0.3 is 9.64 Å². The molecule has 1 atom stereocenters.